The van der Waals surface area contributed by atoms with Crippen LogP contribution in [0.3, 0.4) is 0 Å². The lowest BCUT2D eigenvalue weighted by molar-refractivity contribution is 0.233. The summed E-state index contributed by atoms with van der Waals surface area (Å²) in [5.41, 5.74) is 0. The molecule has 3 nitrogen and oxygen atoms in total. The van der Waals surface area contributed by atoms with Gasteiger partial charge < -0.3 is 10.2 Å². The Balaban J connectivity index is 1.92. The highest BCUT2D eigenvalue weighted by atomic mass is 15.3. The van der Waals surface area contributed by atoms with Crippen LogP contribution in [0.4, 0.5) is 0 Å². The molecule has 0 spiro atoms. The molecule has 2 aliphatic rings. The molecule has 1 aliphatic carbocycles. The van der Waals surface area contributed by atoms with Gasteiger partial charge in [0, 0.05) is 26.2 Å². The molecule has 0 amide bonds. The van der Waals surface area contributed by atoms with E-state index in [1.54, 1.807) is 0 Å². The highest BCUT2D eigenvalue weighted by Gasteiger charge is 2.24. The highest BCUT2D eigenvalue weighted by molar-refractivity contribution is 5.80. The minimum Gasteiger partial charge on any atom is -0.356 e. The molecule has 0 atom stereocenters. The van der Waals surface area contributed by atoms with Gasteiger partial charge in [-0.2, -0.15) is 0 Å². The topological polar surface area (TPSA) is 27.6 Å². The van der Waals surface area contributed by atoms with E-state index < -0.39 is 0 Å². The Bertz CT molecular complexity index is 184. The van der Waals surface area contributed by atoms with Crippen LogP contribution in [-0.2, 0) is 0 Å². The fourth-order valence-corrected chi connectivity index (χ4v) is 1.70. The van der Waals surface area contributed by atoms with Crippen LogP contribution in [-0.4, -0.2) is 37.0 Å². The molecule has 3 heteroatoms. The van der Waals surface area contributed by atoms with Gasteiger partial charge in [0.25, 0.3) is 0 Å². The van der Waals surface area contributed by atoms with Crippen LogP contribution in [0.2, 0.25) is 0 Å². The summed E-state index contributed by atoms with van der Waals surface area (Å²) in [6.07, 6.45) is 5.26. The van der Waals surface area contributed by atoms with Crippen molar-refractivity contribution in [3.05, 3.63) is 0 Å². The summed E-state index contributed by atoms with van der Waals surface area (Å²) < 4.78 is 0. The third-order valence-corrected chi connectivity index (χ3v) is 2.84. The molecule has 1 heterocycles. The largest absolute Gasteiger partial charge is 0.356 e. The molecule has 2 rings (SSSR count). The van der Waals surface area contributed by atoms with Gasteiger partial charge in [-0.25, -0.2) is 0 Å². The summed E-state index contributed by atoms with van der Waals surface area (Å²) in [5.74, 6) is 1.12. The zero-order chi connectivity index (χ0) is 8.39. The number of aliphatic imine (C=N–C) groups is 1. The van der Waals surface area contributed by atoms with E-state index in [2.05, 4.69) is 22.3 Å². The Kier molecular flexibility index (Phi) is 2.19. The van der Waals surface area contributed by atoms with Gasteiger partial charge in [-0.15, -0.1) is 0 Å². The SMILES string of the molecule is CN(C1=NCCCN1)C1CCC1. The van der Waals surface area contributed by atoms with Crippen LogP contribution in [0.5, 0.6) is 0 Å². The van der Waals surface area contributed by atoms with Crippen molar-refractivity contribution in [3.63, 3.8) is 0 Å². The molecule has 1 fully saturated rings. The van der Waals surface area contributed by atoms with Crippen LogP contribution >= 0.6 is 0 Å². The van der Waals surface area contributed by atoms with Crippen molar-refractivity contribution in [1.82, 2.24) is 10.2 Å². The Hall–Kier alpha value is -0.730. The van der Waals surface area contributed by atoms with Crippen LogP contribution < -0.4 is 5.32 Å². The highest BCUT2D eigenvalue weighted by Crippen LogP contribution is 2.23. The first-order valence-electron chi connectivity index (χ1n) is 4.89. The normalized spacial score (nSPS) is 23.9. The number of nitrogens with one attached hydrogen (secondary N) is 1. The van der Waals surface area contributed by atoms with Crippen molar-refractivity contribution in [3.8, 4) is 0 Å². The molecule has 1 aliphatic heterocycles. The molecule has 0 radical (unpaired) electrons. The predicted octanol–water partition coefficient (Wildman–Crippen LogP) is 0.820. The predicted molar refractivity (Wildman–Crippen MR) is 50.3 cm³/mol. The van der Waals surface area contributed by atoms with Gasteiger partial charge in [-0.05, 0) is 25.7 Å². The third-order valence-electron chi connectivity index (χ3n) is 2.84. The Morgan fingerprint density at radius 2 is 2.25 bits per heavy atom. The minimum absolute atomic E-state index is 0.759. The zero-order valence-electron chi connectivity index (χ0n) is 7.71. The molecule has 1 saturated carbocycles. The summed E-state index contributed by atoms with van der Waals surface area (Å²) >= 11 is 0. The van der Waals surface area contributed by atoms with Gasteiger partial charge in [0.05, 0.1) is 0 Å². The molecule has 0 aromatic carbocycles. The number of rotatable bonds is 1. The number of hydrogen-bond donors (Lipinski definition) is 1. The fourth-order valence-electron chi connectivity index (χ4n) is 1.70. The first kappa shape index (κ1) is 7.90. The Labute approximate surface area is 73.9 Å². The van der Waals surface area contributed by atoms with Crippen LogP contribution in [0.25, 0.3) is 0 Å². The number of hydrogen-bond acceptors (Lipinski definition) is 3. The number of nitrogens with zero attached hydrogens (tertiary/aromatic N) is 2. The third kappa shape index (κ3) is 1.40. The molecular formula is C9H17N3. The van der Waals surface area contributed by atoms with Gasteiger partial charge in [-0.3, -0.25) is 4.99 Å². The average molecular weight is 167 g/mol. The van der Waals surface area contributed by atoms with Crippen LogP contribution in [0.1, 0.15) is 25.7 Å². The van der Waals surface area contributed by atoms with Crippen molar-refractivity contribution in [2.24, 2.45) is 4.99 Å². The smallest absolute Gasteiger partial charge is 0.193 e. The standard InChI is InChI=1S/C9H17N3/c1-12(8-4-2-5-8)9-10-6-3-7-11-9/h8H,2-7H2,1H3,(H,10,11). The second-order valence-electron chi connectivity index (χ2n) is 3.68. The summed E-state index contributed by atoms with van der Waals surface area (Å²) in [6.45, 7) is 2.09. The molecule has 0 aromatic rings. The van der Waals surface area contributed by atoms with Crippen LogP contribution in [0, 0.1) is 0 Å². The van der Waals surface area contributed by atoms with Crippen molar-refractivity contribution in [1.29, 1.82) is 0 Å². The second kappa shape index (κ2) is 3.33. The quantitative estimate of drug-likeness (QED) is 0.626. The van der Waals surface area contributed by atoms with Gasteiger partial charge in [0.15, 0.2) is 5.96 Å². The van der Waals surface area contributed by atoms with Crippen molar-refractivity contribution in [2.75, 3.05) is 20.1 Å². The average Bonchev–Trinajstić information content (AvgIpc) is 2.03. The monoisotopic (exact) mass is 167 g/mol. The maximum Gasteiger partial charge on any atom is 0.193 e. The van der Waals surface area contributed by atoms with Crippen molar-refractivity contribution < 1.29 is 0 Å². The Morgan fingerprint density at radius 3 is 2.75 bits per heavy atom. The molecule has 0 aromatic heterocycles. The van der Waals surface area contributed by atoms with Gasteiger partial charge in [0.1, 0.15) is 0 Å². The van der Waals surface area contributed by atoms with E-state index in [-0.39, 0.29) is 0 Å². The molecule has 0 unspecified atom stereocenters. The van der Waals surface area contributed by atoms with E-state index in [9.17, 15) is 0 Å². The van der Waals surface area contributed by atoms with Gasteiger partial charge >= 0.3 is 0 Å². The van der Waals surface area contributed by atoms with Gasteiger partial charge in [-0.1, -0.05) is 0 Å². The van der Waals surface area contributed by atoms with E-state index >= 15 is 0 Å². The zero-order valence-corrected chi connectivity index (χ0v) is 7.71. The van der Waals surface area contributed by atoms with E-state index in [1.807, 2.05) is 0 Å². The van der Waals surface area contributed by atoms with E-state index in [4.69, 9.17) is 0 Å². The summed E-state index contributed by atoms with van der Waals surface area (Å²) in [7, 11) is 2.15. The summed E-state index contributed by atoms with van der Waals surface area (Å²) in [6, 6.07) is 0.759. The lowest BCUT2D eigenvalue weighted by Crippen LogP contribution is -2.49. The number of guanidine groups is 1. The first-order valence-corrected chi connectivity index (χ1v) is 4.89. The maximum atomic E-state index is 4.46. The molecule has 0 bridgehead atoms. The molecule has 0 saturated heterocycles. The minimum atomic E-state index is 0.759. The first-order chi connectivity index (χ1) is 5.88. The fraction of sp³-hybridized carbons (Fsp3) is 0.889. The lowest BCUT2D eigenvalue weighted by atomic mass is 9.92. The molecular weight excluding hydrogens is 150 g/mol. The summed E-state index contributed by atoms with van der Waals surface area (Å²) in [4.78, 5) is 6.77. The van der Waals surface area contributed by atoms with E-state index in [0.29, 0.717) is 0 Å². The lowest BCUT2D eigenvalue weighted by Gasteiger charge is -2.37. The second-order valence-corrected chi connectivity index (χ2v) is 3.68. The Morgan fingerprint density at radius 1 is 1.42 bits per heavy atom. The van der Waals surface area contributed by atoms with E-state index in [0.717, 1.165) is 25.1 Å². The van der Waals surface area contributed by atoms with Crippen LogP contribution in [0.15, 0.2) is 4.99 Å². The molecule has 1 N–H and O–H groups in total. The van der Waals surface area contributed by atoms with Gasteiger partial charge in [0.2, 0.25) is 0 Å². The van der Waals surface area contributed by atoms with E-state index in [1.165, 1.54) is 25.7 Å². The van der Waals surface area contributed by atoms with Crippen molar-refractivity contribution >= 4 is 5.96 Å². The van der Waals surface area contributed by atoms with Crippen molar-refractivity contribution in [2.45, 2.75) is 31.7 Å². The molecule has 12 heavy (non-hydrogen) atoms. The summed E-state index contributed by atoms with van der Waals surface area (Å²) in [5, 5.41) is 3.34. The molecule has 68 valence electrons. The maximum absolute atomic E-state index is 4.46.